The van der Waals surface area contributed by atoms with Crippen LogP contribution in [0.3, 0.4) is 0 Å². The minimum Gasteiger partial charge on any atom is -0.493 e. The number of hydrogen-bond donors (Lipinski definition) is 2. The SMILES string of the molecule is COc1cc(Nc2nc(-c3cccc(N)c3)nc3c2ncn3CCN2CCCC2=O)cc(OC)c1OC. The van der Waals surface area contributed by atoms with Crippen molar-refractivity contribution in [2.75, 3.05) is 45.5 Å². The minimum absolute atomic E-state index is 0.184. The Balaban J connectivity index is 1.58. The van der Waals surface area contributed by atoms with Crippen LogP contribution in [-0.4, -0.2) is 64.7 Å². The first-order valence-corrected chi connectivity index (χ1v) is 11.9. The molecular formula is C26H29N7O4. The lowest BCUT2D eigenvalue weighted by atomic mass is 10.2. The van der Waals surface area contributed by atoms with Crippen LogP contribution in [0.15, 0.2) is 42.7 Å². The second-order valence-corrected chi connectivity index (χ2v) is 8.65. The van der Waals surface area contributed by atoms with Crippen molar-refractivity contribution in [2.45, 2.75) is 19.4 Å². The van der Waals surface area contributed by atoms with Gasteiger partial charge in [-0.2, -0.15) is 0 Å². The quantitative estimate of drug-likeness (QED) is 0.330. The summed E-state index contributed by atoms with van der Waals surface area (Å²) >= 11 is 0. The Morgan fingerprint density at radius 2 is 1.81 bits per heavy atom. The number of fused-ring (bicyclic) bond motifs is 1. The van der Waals surface area contributed by atoms with E-state index in [9.17, 15) is 4.79 Å². The number of nitrogens with zero attached hydrogens (tertiary/aromatic N) is 5. The van der Waals surface area contributed by atoms with E-state index >= 15 is 0 Å². The van der Waals surface area contributed by atoms with E-state index in [1.54, 1.807) is 39.8 Å². The summed E-state index contributed by atoms with van der Waals surface area (Å²) in [6, 6.07) is 11.0. The van der Waals surface area contributed by atoms with Gasteiger partial charge in [0.1, 0.15) is 0 Å². The number of imidazole rings is 1. The number of anilines is 3. The van der Waals surface area contributed by atoms with Gasteiger partial charge in [-0.25, -0.2) is 15.0 Å². The fourth-order valence-electron chi connectivity index (χ4n) is 4.46. The number of ether oxygens (including phenoxy) is 3. The van der Waals surface area contributed by atoms with Gasteiger partial charge in [-0.1, -0.05) is 12.1 Å². The Bertz CT molecular complexity index is 1430. The van der Waals surface area contributed by atoms with Crippen LogP contribution >= 0.6 is 0 Å². The van der Waals surface area contributed by atoms with E-state index < -0.39 is 0 Å². The number of nitrogens with two attached hydrogens (primary N) is 1. The van der Waals surface area contributed by atoms with Crippen molar-refractivity contribution >= 4 is 34.3 Å². The summed E-state index contributed by atoms with van der Waals surface area (Å²) < 4.78 is 18.4. The first-order chi connectivity index (χ1) is 18.0. The van der Waals surface area contributed by atoms with E-state index in [1.807, 2.05) is 33.7 Å². The predicted octanol–water partition coefficient (Wildman–Crippen LogP) is 3.47. The molecule has 1 fully saturated rings. The van der Waals surface area contributed by atoms with Crippen molar-refractivity contribution in [3.63, 3.8) is 0 Å². The van der Waals surface area contributed by atoms with Crippen LogP contribution in [0.1, 0.15) is 12.8 Å². The maximum atomic E-state index is 12.1. The van der Waals surface area contributed by atoms with Crippen LogP contribution in [0, 0.1) is 0 Å². The van der Waals surface area contributed by atoms with Gasteiger partial charge in [0.05, 0.1) is 27.7 Å². The van der Waals surface area contributed by atoms with E-state index in [4.69, 9.17) is 29.9 Å². The maximum absolute atomic E-state index is 12.1. The minimum atomic E-state index is 0.184. The number of rotatable bonds is 9. The fourth-order valence-corrected chi connectivity index (χ4v) is 4.46. The second kappa shape index (κ2) is 10.2. The molecule has 2 aromatic carbocycles. The lowest BCUT2D eigenvalue weighted by molar-refractivity contribution is -0.127. The predicted molar refractivity (Wildman–Crippen MR) is 140 cm³/mol. The highest BCUT2D eigenvalue weighted by Crippen LogP contribution is 2.41. The summed E-state index contributed by atoms with van der Waals surface area (Å²) in [6.45, 7) is 1.94. The summed E-state index contributed by atoms with van der Waals surface area (Å²) in [5, 5.41) is 3.35. The molecule has 1 aliphatic heterocycles. The highest BCUT2D eigenvalue weighted by atomic mass is 16.5. The molecule has 1 aliphatic rings. The lowest BCUT2D eigenvalue weighted by Crippen LogP contribution is -2.28. The number of likely N-dealkylation sites (tertiary alicyclic amines) is 1. The van der Waals surface area contributed by atoms with Gasteiger partial charge >= 0.3 is 0 Å². The second-order valence-electron chi connectivity index (χ2n) is 8.65. The summed E-state index contributed by atoms with van der Waals surface area (Å²) in [7, 11) is 4.69. The number of amides is 1. The van der Waals surface area contributed by atoms with Gasteiger partial charge in [-0.15, -0.1) is 0 Å². The van der Waals surface area contributed by atoms with Crippen LogP contribution in [0.4, 0.5) is 17.2 Å². The Morgan fingerprint density at radius 3 is 2.46 bits per heavy atom. The topological polar surface area (TPSA) is 130 Å². The molecule has 37 heavy (non-hydrogen) atoms. The number of nitrogen functional groups attached to an aromatic ring is 1. The summed E-state index contributed by atoms with van der Waals surface area (Å²) in [6.07, 6.45) is 3.23. The van der Waals surface area contributed by atoms with Crippen molar-refractivity contribution in [2.24, 2.45) is 0 Å². The van der Waals surface area contributed by atoms with E-state index in [1.165, 1.54) is 0 Å². The number of benzene rings is 2. The number of carbonyl (C=O) groups excluding carboxylic acids is 1. The maximum Gasteiger partial charge on any atom is 0.222 e. The van der Waals surface area contributed by atoms with Crippen molar-refractivity contribution in [3.8, 4) is 28.6 Å². The molecule has 0 unspecified atom stereocenters. The van der Waals surface area contributed by atoms with Crippen LogP contribution in [0.25, 0.3) is 22.6 Å². The molecule has 4 aromatic rings. The lowest BCUT2D eigenvalue weighted by Gasteiger charge is -2.16. The smallest absolute Gasteiger partial charge is 0.222 e. The number of nitrogens with one attached hydrogen (secondary N) is 1. The zero-order valence-corrected chi connectivity index (χ0v) is 21.0. The molecule has 11 nitrogen and oxygen atoms in total. The molecule has 2 aromatic heterocycles. The zero-order chi connectivity index (χ0) is 25.9. The molecule has 1 saturated heterocycles. The highest BCUT2D eigenvalue weighted by Gasteiger charge is 2.21. The van der Waals surface area contributed by atoms with Gasteiger partial charge in [0.25, 0.3) is 0 Å². The first-order valence-electron chi connectivity index (χ1n) is 11.9. The van der Waals surface area contributed by atoms with E-state index in [2.05, 4.69) is 10.3 Å². The number of carbonyl (C=O) groups is 1. The van der Waals surface area contributed by atoms with Gasteiger partial charge in [0, 0.05) is 55.1 Å². The van der Waals surface area contributed by atoms with Gasteiger partial charge in [0.15, 0.2) is 34.3 Å². The van der Waals surface area contributed by atoms with Crippen molar-refractivity contribution in [1.29, 1.82) is 0 Å². The number of methoxy groups -OCH3 is 3. The average Bonchev–Trinajstić information content (AvgIpc) is 3.52. The Kier molecular flexibility index (Phi) is 6.67. The summed E-state index contributed by atoms with van der Waals surface area (Å²) in [4.78, 5) is 28.2. The molecular weight excluding hydrogens is 474 g/mol. The Morgan fingerprint density at radius 1 is 1.03 bits per heavy atom. The molecule has 0 aliphatic carbocycles. The molecule has 0 atom stereocenters. The van der Waals surface area contributed by atoms with E-state index in [0.29, 0.717) is 70.9 Å². The Labute approximate surface area is 214 Å². The number of hydrogen-bond acceptors (Lipinski definition) is 9. The van der Waals surface area contributed by atoms with Gasteiger partial charge in [0.2, 0.25) is 11.7 Å². The number of aromatic nitrogens is 4. The molecule has 3 N–H and O–H groups in total. The molecule has 0 saturated carbocycles. The van der Waals surface area contributed by atoms with Crippen LogP contribution in [-0.2, 0) is 11.3 Å². The van der Waals surface area contributed by atoms with Gasteiger partial charge in [-0.05, 0) is 18.6 Å². The molecule has 0 bridgehead atoms. The third kappa shape index (κ3) is 4.80. The zero-order valence-electron chi connectivity index (χ0n) is 21.0. The van der Waals surface area contributed by atoms with Crippen LogP contribution in [0.2, 0.25) is 0 Å². The van der Waals surface area contributed by atoms with E-state index in [0.717, 1.165) is 18.5 Å². The molecule has 0 spiro atoms. The van der Waals surface area contributed by atoms with Crippen LogP contribution < -0.4 is 25.3 Å². The van der Waals surface area contributed by atoms with Crippen molar-refractivity contribution < 1.29 is 19.0 Å². The largest absolute Gasteiger partial charge is 0.493 e. The standard InChI is InChI=1S/C26H29N7O4/c1-35-19-13-18(14-20(36-2)23(19)37-3)29-25-22-26(31-24(30-25)16-6-4-7-17(27)12-16)33(15-28-22)11-10-32-9-5-8-21(32)34/h4,6-7,12-15H,5,8-11,27H2,1-3H3,(H,29,30,31). The van der Waals surface area contributed by atoms with Crippen LogP contribution in [0.5, 0.6) is 17.2 Å². The van der Waals surface area contributed by atoms with Crippen molar-refractivity contribution in [1.82, 2.24) is 24.4 Å². The molecule has 3 heterocycles. The third-order valence-corrected chi connectivity index (χ3v) is 6.32. The molecule has 5 rings (SSSR count). The first kappa shape index (κ1) is 24.2. The van der Waals surface area contributed by atoms with Crippen molar-refractivity contribution in [3.05, 3.63) is 42.7 Å². The normalized spacial score (nSPS) is 13.3. The average molecular weight is 504 g/mol. The molecule has 0 radical (unpaired) electrons. The molecule has 1 amide bonds. The molecule has 11 heteroatoms. The summed E-state index contributed by atoms with van der Waals surface area (Å²) in [5.41, 5.74) is 9.33. The third-order valence-electron chi connectivity index (χ3n) is 6.32. The fraction of sp³-hybridized carbons (Fsp3) is 0.308. The van der Waals surface area contributed by atoms with E-state index in [-0.39, 0.29) is 5.91 Å². The van der Waals surface area contributed by atoms with Gasteiger partial charge < -0.3 is 34.7 Å². The summed E-state index contributed by atoms with van der Waals surface area (Å²) in [5.74, 6) is 2.69. The highest BCUT2D eigenvalue weighted by molar-refractivity contribution is 5.88. The Hall–Kier alpha value is -4.54. The monoisotopic (exact) mass is 503 g/mol. The van der Waals surface area contributed by atoms with Gasteiger partial charge in [-0.3, -0.25) is 4.79 Å². The molecule has 192 valence electrons.